The topological polar surface area (TPSA) is 47.3 Å². The summed E-state index contributed by atoms with van der Waals surface area (Å²) in [6.45, 7) is -2.98. The van der Waals surface area contributed by atoms with Crippen LogP contribution in [0.15, 0.2) is 42.5 Å². The van der Waals surface area contributed by atoms with Crippen molar-refractivity contribution >= 4 is 22.6 Å². The molecule has 0 radical (unpaired) electrons. The molecular formula is C16H13ClF2N2O2. The molecule has 23 heavy (non-hydrogen) atoms. The third-order valence-electron chi connectivity index (χ3n) is 3.44. The summed E-state index contributed by atoms with van der Waals surface area (Å²) in [6.07, 6.45) is 0. The second-order valence-corrected chi connectivity index (χ2v) is 5.33. The van der Waals surface area contributed by atoms with Crippen LogP contribution in [0.3, 0.4) is 0 Å². The smallest absolute Gasteiger partial charge is 0.387 e. The van der Waals surface area contributed by atoms with Crippen LogP contribution in [-0.4, -0.2) is 21.3 Å². The molecule has 0 atom stereocenters. The van der Waals surface area contributed by atoms with Gasteiger partial charge in [0.05, 0.1) is 17.6 Å². The summed E-state index contributed by atoms with van der Waals surface area (Å²) in [7, 11) is 0. The second-order valence-electron chi connectivity index (χ2n) is 4.89. The summed E-state index contributed by atoms with van der Waals surface area (Å²) in [5, 5.41) is 9.92. The summed E-state index contributed by atoms with van der Waals surface area (Å²) in [5.74, 6) is 0.486. The zero-order chi connectivity index (χ0) is 16.4. The molecule has 120 valence electrons. The zero-order valence-electron chi connectivity index (χ0n) is 11.9. The predicted molar refractivity (Wildman–Crippen MR) is 82.8 cm³/mol. The molecule has 0 spiro atoms. The lowest BCUT2D eigenvalue weighted by molar-refractivity contribution is -0.0504. The number of benzene rings is 2. The maximum atomic E-state index is 12.6. The van der Waals surface area contributed by atoms with Crippen molar-refractivity contribution in [3.05, 3.63) is 58.9 Å². The van der Waals surface area contributed by atoms with E-state index >= 15 is 0 Å². The number of aliphatic hydroxyl groups excluding tert-OH is 1. The van der Waals surface area contributed by atoms with Crippen molar-refractivity contribution in [2.75, 3.05) is 0 Å². The van der Waals surface area contributed by atoms with E-state index in [-0.39, 0.29) is 18.9 Å². The van der Waals surface area contributed by atoms with E-state index in [4.69, 9.17) is 11.6 Å². The number of hydrogen-bond donors (Lipinski definition) is 1. The number of aromatic nitrogens is 2. The molecule has 2 aromatic carbocycles. The van der Waals surface area contributed by atoms with E-state index in [1.807, 2.05) is 24.3 Å². The molecule has 1 aromatic heterocycles. The SMILES string of the molecule is OCc1nc2ccccc2n1Cc1cc(Cl)ccc1OC(F)F. The van der Waals surface area contributed by atoms with Gasteiger partial charge in [0.15, 0.2) is 0 Å². The van der Waals surface area contributed by atoms with Crippen LogP contribution in [0.1, 0.15) is 11.4 Å². The number of para-hydroxylation sites is 2. The van der Waals surface area contributed by atoms with Gasteiger partial charge in [-0.2, -0.15) is 8.78 Å². The second kappa shape index (κ2) is 6.52. The third-order valence-corrected chi connectivity index (χ3v) is 3.68. The van der Waals surface area contributed by atoms with Gasteiger partial charge in [-0.1, -0.05) is 23.7 Å². The van der Waals surface area contributed by atoms with Crippen molar-refractivity contribution in [1.82, 2.24) is 9.55 Å². The van der Waals surface area contributed by atoms with E-state index in [9.17, 15) is 13.9 Å². The summed E-state index contributed by atoms with van der Waals surface area (Å²) in [6, 6.07) is 11.8. The third kappa shape index (κ3) is 3.28. The first-order chi connectivity index (χ1) is 11.1. The van der Waals surface area contributed by atoms with Gasteiger partial charge < -0.3 is 14.4 Å². The van der Waals surface area contributed by atoms with Gasteiger partial charge in [0.2, 0.25) is 0 Å². The lowest BCUT2D eigenvalue weighted by atomic mass is 10.2. The number of fused-ring (bicyclic) bond motifs is 1. The lowest BCUT2D eigenvalue weighted by Crippen LogP contribution is -2.09. The van der Waals surface area contributed by atoms with Gasteiger partial charge in [-0.25, -0.2) is 4.98 Å². The summed E-state index contributed by atoms with van der Waals surface area (Å²) < 4.78 is 31.4. The fraction of sp³-hybridized carbons (Fsp3) is 0.188. The number of imidazole rings is 1. The normalized spacial score (nSPS) is 11.3. The van der Waals surface area contributed by atoms with Crippen LogP contribution in [0.5, 0.6) is 5.75 Å². The Balaban J connectivity index is 2.07. The molecule has 0 saturated carbocycles. The highest BCUT2D eigenvalue weighted by molar-refractivity contribution is 6.30. The van der Waals surface area contributed by atoms with E-state index in [0.29, 0.717) is 16.4 Å². The minimum atomic E-state index is -2.92. The fourth-order valence-corrected chi connectivity index (χ4v) is 2.67. The first-order valence-electron chi connectivity index (χ1n) is 6.86. The molecule has 0 fully saturated rings. The summed E-state index contributed by atoms with van der Waals surface area (Å²) in [4.78, 5) is 4.33. The quantitative estimate of drug-likeness (QED) is 0.769. The Morgan fingerprint density at radius 1 is 1.22 bits per heavy atom. The Hall–Kier alpha value is -2.18. The van der Waals surface area contributed by atoms with Crippen molar-refractivity contribution in [2.24, 2.45) is 0 Å². The van der Waals surface area contributed by atoms with Crippen molar-refractivity contribution in [3.63, 3.8) is 0 Å². The molecule has 0 bridgehead atoms. The van der Waals surface area contributed by atoms with E-state index in [2.05, 4.69) is 9.72 Å². The van der Waals surface area contributed by atoms with Crippen LogP contribution >= 0.6 is 11.6 Å². The molecule has 3 rings (SSSR count). The molecule has 3 aromatic rings. The predicted octanol–water partition coefficient (Wildman–Crippen LogP) is 3.83. The number of alkyl halides is 2. The van der Waals surface area contributed by atoms with Crippen molar-refractivity contribution in [1.29, 1.82) is 0 Å². The van der Waals surface area contributed by atoms with Crippen molar-refractivity contribution in [2.45, 2.75) is 19.8 Å². The highest BCUT2D eigenvalue weighted by Gasteiger charge is 2.15. The Labute approximate surface area is 135 Å². The number of nitrogens with zero attached hydrogens (tertiary/aromatic N) is 2. The number of aliphatic hydroxyl groups is 1. The Kier molecular flexibility index (Phi) is 4.45. The van der Waals surface area contributed by atoms with Gasteiger partial charge in [0, 0.05) is 10.6 Å². The Morgan fingerprint density at radius 2 is 2.00 bits per heavy atom. The number of rotatable bonds is 5. The van der Waals surface area contributed by atoms with Gasteiger partial charge in [-0.3, -0.25) is 0 Å². The molecule has 0 amide bonds. The molecule has 0 unspecified atom stereocenters. The van der Waals surface area contributed by atoms with Crippen LogP contribution in [0.2, 0.25) is 5.02 Å². The maximum Gasteiger partial charge on any atom is 0.387 e. The summed E-state index contributed by atoms with van der Waals surface area (Å²) in [5.41, 5.74) is 1.99. The molecule has 0 aliphatic rings. The average Bonchev–Trinajstić information content (AvgIpc) is 2.88. The lowest BCUT2D eigenvalue weighted by Gasteiger charge is -2.13. The highest BCUT2D eigenvalue weighted by Crippen LogP contribution is 2.27. The highest BCUT2D eigenvalue weighted by atomic mass is 35.5. The molecular weight excluding hydrogens is 326 g/mol. The van der Waals surface area contributed by atoms with Gasteiger partial charge >= 0.3 is 6.61 Å². The standard InChI is InChI=1S/C16H13ClF2N2O2/c17-11-5-6-14(23-16(18)19)10(7-11)8-21-13-4-2-1-3-12(13)20-15(21)9-22/h1-7,16,22H,8-9H2. The average molecular weight is 339 g/mol. The van der Waals surface area contributed by atoms with E-state index in [1.165, 1.54) is 12.1 Å². The first-order valence-corrected chi connectivity index (χ1v) is 7.24. The van der Waals surface area contributed by atoms with Crippen LogP contribution in [0.25, 0.3) is 11.0 Å². The van der Waals surface area contributed by atoms with E-state index in [1.54, 1.807) is 10.6 Å². The van der Waals surface area contributed by atoms with Crippen LogP contribution < -0.4 is 4.74 Å². The number of halogens is 3. The summed E-state index contributed by atoms with van der Waals surface area (Å²) >= 11 is 5.97. The Morgan fingerprint density at radius 3 is 2.74 bits per heavy atom. The minimum absolute atomic E-state index is 0.0473. The van der Waals surface area contributed by atoms with Gasteiger partial charge in [-0.05, 0) is 30.3 Å². The van der Waals surface area contributed by atoms with Crippen LogP contribution in [0.4, 0.5) is 8.78 Å². The molecule has 4 nitrogen and oxygen atoms in total. The zero-order valence-corrected chi connectivity index (χ0v) is 12.7. The van der Waals surface area contributed by atoms with Gasteiger partial charge in [0.1, 0.15) is 18.2 Å². The fourth-order valence-electron chi connectivity index (χ4n) is 2.48. The molecule has 1 N–H and O–H groups in total. The minimum Gasteiger partial charge on any atom is -0.434 e. The van der Waals surface area contributed by atoms with Crippen molar-refractivity contribution in [3.8, 4) is 5.75 Å². The number of ether oxygens (including phenoxy) is 1. The molecule has 0 saturated heterocycles. The Bertz CT molecular complexity index is 836. The maximum absolute atomic E-state index is 12.6. The van der Waals surface area contributed by atoms with Crippen LogP contribution in [-0.2, 0) is 13.2 Å². The molecule has 0 aliphatic carbocycles. The van der Waals surface area contributed by atoms with E-state index in [0.717, 1.165) is 11.0 Å². The first kappa shape index (κ1) is 15.7. The number of hydrogen-bond acceptors (Lipinski definition) is 3. The molecule has 0 aliphatic heterocycles. The molecule has 7 heteroatoms. The van der Waals surface area contributed by atoms with Gasteiger partial charge in [-0.15, -0.1) is 0 Å². The monoisotopic (exact) mass is 338 g/mol. The largest absolute Gasteiger partial charge is 0.434 e. The van der Waals surface area contributed by atoms with Crippen LogP contribution in [0, 0.1) is 0 Å². The molecule has 1 heterocycles. The van der Waals surface area contributed by atoms with Gasteiger partial charge in [0.25, 0.3) is 0 Å². The van der Waals surface area contributed by atoms with Crippen molar-refractivity contribution < 1.29 is 18.6 Å². The van der Waals surface area contributed by atoms with E-state index < -0.39 is 6.61 Å².